The Bertz CT molecular complexity index is 470. The average molecular weight is 298 g/mol. The van der Waals surface area contributed by atoms with E-state index in [-0.39, 0.29) is 11.9 Å². The minimum atomic E-state index is -0.213. The number of piperazine rings is 1. The van der Waals surface area contributed by atoms with Gasteiger partial charge in [0.1, 0.15) is 5.82 Å². The first-order chi connectivity index (χ1) is 9.69. The summed E-state index contributed by atoms with van der Waals surface area (Å²) < 4.78 is 14.0. The number of rotatable bonds is 4. The molecule has 1 heterocycles. The molecule has 1 aliphatic heterocycles. The van der Waals surface area contributed by atoms with E-state index < -0.39 is 0 Å². The van der Waals surface area contributed by atoms with E-state index in [9.17, 15) is 4.39 Å². The van der Waals surface area contributed by atoms with Crippen LogP contribution in [0.15, 0.2) is 18.2 Å². The quantitative estimate of drug-likeness (QED) is 0.925. The molecule has 2 fully saturated rings. The zero-order chi connectivity index (χ0) is 14.1. The minimum Gasteiger partial charge on any atom is -0.329 e. The summed E-state index contributed by atoms with van der Waals surface area (Å²) in [7, 11) is 0. The number of benzene rings is 1. The molecule has 0 aromatic heterocycles. The number of halogens is 2. The lowest BCUT2D eigenvalue weighted by atomic mass is 10.0. The molecule has 5 heteroatoms. The van der Waals surface area contributed by atoms with Crippen molar-refractivity contribution in [1.29, 1.82) is 0 Å². The van der Waals surface area contributed by atoms with E-state index in [4.69, 9.17) is 17.3 Å². The first-order valence-corrected chi connectivity index (χ1v) is 7.70. The second kappa shape index (κ2) is 5.98. The first kappa shape index (κ1) is 14.3. The van der Waals surface area contributed by atoms with Crippen molar-refractivity contribution in [2.24, 2.45) is 5.73 Å². The summed E-state index contributed by atoms with van der Waals surface area (Å²) in [6.07, 6.45) is 2.67. The average Bonchev–Trinajstić information content (AvgIpc) is 3.29. The van der Waals surface area contributed by atoms with Gasteiger partial charge < -0.3 is 5.73 Å². The van der Waals surface area contributed by atoms with Crippen LogP contribution in [0, 0.1) is 5.82 Å². The minimum absolute atomic E-state index is 0.0740. The second-order valence-corrected chi connectivity index (χ2v) is 6.16. The Morgan fingerprint density at radius 1 is 1.25 bits per heavy atom. The smallest absolute Gasteiger partial charge is 0.128 e. The molecule has 0 spiro atoms. The van der Waals surface area contributed by atoms with Crippen LogP contribution in [0.1, 0.15) is 24.4 Å². The molecule has 20 heavy (non-hydrogen) atoms. The highest BCUT2D eigenvalue weighted by atomic mass is 35.5. The SMILES string of the molecule is NCC(c1cc(Cl)ccc1F)N1CCN(C2CC2)CC1. The van der Waals surface area contributed by atoms with E-state index >= 15 is 0 Å². The molecular formula is C15H21ClFN3. The maximum atomic E-state index is 14.0. The number of hydrogen-bond acceptors (Lipinski definition) is 3. The summed E-state index contributed by atoms with van der Waals surface area (Å²) in [5.74, 6) is -0.213. The van der Waals surface area contributed by atoms with Gasteiger partial charge in [0.25, 0.3) is 0 Å². The van der Waals surface area contributed by atoms with Crippen molar-refractivity contribution in [2.75, 3.05) is 32.7 Å². The van der Waals surface area contributed by atoms with Gasteiger partial charge in [-0.15, -0.1) is 0 Å². The van der Waals surface area contributed by atoms with Gasteiger partial charge in [0.2, 0.25) is 0 Å². The van der Waals surface area contributed by atoms with Crippen molar-refractivity contribution in [2.45, 2.75) is 24.9 Å². The summed E-state index contributed by atoms with van der Waals surface area (Å²) in [4.78, 5) is 4.83. The normalized spacial score (nSPS) is 22.9. The molecule has 0 bridgehead atoms. The van der Waals surface area contributed by atoms with E-state index in [1.54, 1.807) is 12.1 Å². The molecule has 3 rings (SSSR count). The summed E-state index contributed by atoms with van der Waals surface area (Å²) in [6.45, 7) is 4.43. The van der Waals surface area contributed by atoms with Crippen molar-refractivity contribution < 1.29 is 4.39 Å². The molecule has 1 saturated carbocycles. The molecule has 0 amide bonds. The second-order valence-electron chi connectivity index (χ2n) is 5.72. The summed E-state index contributed by atoms with van der Waals surface area (Å²) >= 11 is 6.00. The third-order valence-corrected chi connectivity index (χ3v) is 4.63. The third kappa shape index (κ3) is 2.98. The number of hydrogen-bond donors (Lipinski definition) is 1. The van der Waals surface area contributed by atoms with Gasteiger partial charge >= 0.3 is 0 Å². The van der Waals surface area contributed by atoms with Gasteiger partial charge in [0, 0.05) is 49.4 Å². The molecule has 2 aliphatic rings. The fourth-order valence-corrected chi connectivity index (χ4v) is 3.28. The van der Waals surface area contributed by atoms with Crippen LogP contribution in [0.4, 0.5) is 4.39 Å². The van der Waals surface area contributed by atoms with Gasteiger partial charge in [-0.25, -0.2) is 4.39 Å². The highest BCUT2D eigenvalue weighted by Gasteiger charge is 2.33. The summed E-state index contributed by atoms with van der Waals surface area (Å²) in [5, 5.41) is 0.566. The Balaban J connectivity index is 1.71. The van der Waals surface area contributed by atoms with Crippen LogP contribution in [0.25, 0.3) is 0 Å². The van der Waals surface area contributed by atoms with Crippen molar-refractivity contribution in [1.82, 2.24) is 9.80 Å². The van der Waals surface area contributed by atoms with Crippen LogP contribution in [-0.4, -0.2) is 48.6 Å². The van der Waals surface area contributed by atoms with Gasteiger partial charge in [-0.2, -0.15) is 0 Å². The van der Waals surface area contributed by atoms with E-state index in [0.717, 1.165) is 32.2 Å². The monoisotopic (exact) mass is 297 g/mol. The van der Waals surface area contributed by atoms with E-state index in [0.29, 0.717) is 17.1 Å². The molecule has 1 aromatic rings. The molecular weight excluding hydrogens is 277 g/mol. The maximum absolute atomic E-state index is 14.0. The lowest BCUT2D eigenvalue weighted by Gasteiger charge is -2.39. The van der Waals surface area contributed by atoms with Crippen LogP contribution in [-0.2, 0) is 0 Å². The van der Waals surface area contributed by atoms with E-state index in [2.05, 4.69) is 9.80 Å². The van der Waals surface area contributed by atoms with Crippen LogP contribution in [0.2, 0.25) is 5.02 Å². The lowest BCUT2D eigenvalue weighted by Crippen LogP contribution is -2.49. The molecule has 0 radical (unpaired) electrons. The van der Waals surface area contributed by atoms with Crippen LogP contribution in [0.5, 0.6) is 0 Å². The molecule has 110 valence electrons. The topological polar surface area (TPSA) is 32.5 Å². The number of nitrogens with two attached hydrogens (primary N) is 1. The van der Waals surface area contributed by atoms with E-state index in [1.807, 2.05) is 0 Å². The highest BCUT2D eigenvalue weighted by molar-refractivity contribution is 6.30. The predicted molar refractivity (Wildman–Crippen MR) is 79.4 cm³/mol. The zero-order valence-corrected chi connectivity index (χ0v) is 12.3. The first-order valence-electron chi connectivity index (χ1n) is 7.32. The molecule has 1 atom stereocenters. The lowest BCUT2D eigenvalue weighted by molar-refractivity contribution is 0.0924. The van der Waals surface area contributed by atoms with Gasteiger partial charge in [-0.05, 0) is 31.0 Å². The Hall–Kier alpha value is -0.680. The molecule has 1 aromatic carbocycles. The van der Waals surface area contributed by atoms with Crippen molar-refractivity contribution >= 4 is 11.6 Å². The Morgan fingerprint density at radius 2 is 1.95 bits per heavy atom. The zero-order valence-electron chi connectivity index (χ0n) is 11.6. The van der Waals surface area contributed by atoms with Crippen LogP contribution >= 0.6 is 11.6 Å². The fourth-order valence-electron chi connectivity index (χ4n) is 3.10. The Morgan fingerprint density at radius 3 is 2.55 bits per heavy atom. The molecule has 1 aliphatic carbocycles. The van der Waals surface area contributed by atoms with Gasteiger partial charge in [-0.3, -0.25) is 9.80 Å². The van der Waals surface area contributed by atoms with Gasteiger partial charge in [0.15, 0.2) is 0 Å². The molecule has 1 unspecified atom stereocenters. The van der Waals surface area contributed by atoms with Crippen LogP contribution in [0.3, 0.4) is 0 Å². The standard InChI is InChI=1S/C15H21ClFN3/c16-11-1-4-14(17)13(9-11)15(10-18)20-7-5-19(6-8-20)12-2-3-12/h1,4,9,12,15H,2-3,5-8,10,18H2. The van der Waals surface area contributed by atoms with Crippen molar-refractivity contribution in [3.63, 3.8) is 0 Å². The van der Waals surface area contributed by atoms with Crippen molar-refractivity contribution in [3.05, 3.63) is 34.6 Å². The summed E-state index contributed by atoms with van der Waals surface area (Å²) in [6, 6.07) is 5.45. The molecule has 3 nitrogen and oxygen atoms in total. The van der Waals surface area contributed by atoms with Crippen LogP contribution < -0.4 is 5.73 Å². The molecule has 2 N–H and O–H groups in total. The third-order valence-electron chi connectivity index (χ3n) is 4.39. The summed E-state index contributed by atoms with van der Waals surface area (Å²) in [5.41, 5.74) is 6.52. The molecule has 1 saturated heterocycles. The van der Waals surface area contributed by atoms with Gasteiger partial charge in [0.05, 0.1) is 6.04 Å². The fraction of sp³-hybridized carbons (Fsp3) is 0.600. The number of nitrogens with zero attached hydrogens (tertiary/aromatic N) is 2. The Labute approximate surface area is 124 Å². The maximum Gasteiger partial charge on any atom is 0.128 e. The van der Waals surface area contributed by atoms with Crippen molar-refractivity contribution in [3.8, 4) is 0 Å². The van der Waals surface area contributed by atoms with E-state index in [1.165, 1.54) is 18.9 Å². The largest absolute Gasteiger partial charge is 0.329 e. The highest BCUT2D eigenvalue weighted by Crippen LogP contribution is 2.30. The van der Waals surface area contributed by atoms with Gasteiger partial charge in [-0.1, -0.05) is 11.6 Å². The predicted octanol–water partition coefficient (Wildman–Crippen LogP) is 2.26. The Kier molecular flexibility index (Phi) is 4.26.